The summed E-state index contributed by atoms with van der Waals surface area (Å²) in [6.07, 6.45) is 7.03. The summed E-state index contributed by atoms with van der Waals surface area (Å²) in [5, 5.41) is 24.7. The first-order valence-electron chi connectivity index (χ1n) is 31.3. The number of esters is 1. The van der Waals surface area contributed by atoms with Crippen LogP contribution in [-0.2, 0) is 62.3 Å². The lowest BCUT2D eigenvalue weighted by molar-refractivity contribution is -0.154. The molecular formula is C64H111N11O13. The number of ketones is 1. The normalized spacial score (nSPS) is 17.5. The van der Waals surface area contributed by atoms with E-state index in [-0.39, 0.29) is 85.5 Å². The molecule has 0 aliphatic carbocycles. The molecule has 1 aliphatic rings. The van der Waals surface area contributed by atoms with Gasteiger partial charge in [0.05, 0.1) is 0 Å². The minimum atomic E-state index is -1.84. The molecule has 0 spiro atoms. The molecule has 1 saturated heterocycles. The molecule has 10 atom stereocenters. The van der Waals surface area contributed by atoms with Crippen molar-refractivity contribution >= 4 is 70.8 Å². The number of hydrogen-bond acceptors (Lipinski definition) is 14. The van der Waals surface area contributed by atoms with Crippen molar-refractivity contribution in [3.8, 4) is 0 Å². The topological polar surface area (TPSA) is 329 Å². The van der Waals surface area contributed by atoms with Crippen molar-refractivity contribution in [1.29, 1.82) is 0 Å². The maximum absolute atomic E-state index is 14.8. The van der Waals surface area contributed by atoms with E-state index in [0.717, 1.165) is 13.3 Å². The van der Waals surface area contributed by atoms with Gasteiger partial charge in [0.2, 0.25) is 59.1 Å². The van der Waals surface area contributed by atoms with Crippen LogP contribution in [0.25, 0.3) is 0 Å². The smallest absolute Gasteiger partial charge is 0.303 e. The van der Waals surface area contributed by atoms with Gasteiger partial charge in [-0.3, -0.25) is 57.5 Å². The standard InChI is InChI=1S/C64H111N11O13/c1-22-40(9)27-28-51(79)75-35-42(11)34-49(75)57(83)68-48(33-41(10)25-24-26-45(77)23-2)55(81)70-52(53(39(7)8)88-44(13)76)58(84)72-63(16,17)60(86)69-46(31-37(3)4)54(80)67-47(32-38(5)6)56(82)71-64(18,19)61(87)73-62(14,15)59(85)65-30-29-50(78)66-43(12)36-74(20)21/h24,26-28,37-43,46-49,52-53H,22-23,25,29-36H2,1-21H3,(H,65,85)(H,66,78)(H,67,80)(H,68,83)(H,69,86)(H,70,81)(H,71,82)(H,72,84)(H,73,87)/b26-24+,28-27+/t40-,41+,42-,43-,46-,47-,48-,49-,52-,53+/m0/s1. The van der Waals surface area contributed by atoms with Gasteiger partial charge in [0.25, 0.3) is 0 Å². The van der Waals surface area contributed by atoms with E-state index in [4.69, 9.17) is 4.74 Å². The van der Waals surface area contributed by atoms with E-state index in [2.05, 4.69) is 47.9 Å². The number of likely N-dealkylation sites (N-methyl/N-ethyl adjacent to an activating group) is 1. The molecule has 0 saturated carbocycles. The fourth-order valence-corrected chi connectivity index (χ4v) is 9.75. The average Bonchev–Trinajstić information content (AvgIpc) is 3.83. The first-order valence-corrected chi connectivity index (χ1v) is 31.3. The summed E-state index contributed by atoms with van der Waals surface area (Å²) in [7, 11) is 3.77. The highest BCUT2D eigenvalue weighted by molar-refractivity contribution is 6.00. The Labute approximate surface area is 524 Å². The van der Waals surface area contributed by atoms with Crippen LogP contribution in [0.3, 0.4) is 0 Å². The Balaban J connectivity index is 3.55. The number of allylic oxidation sites excluding steroid dienone is 3. The van der Waals surface area contributed by atoms with E-state index in [9.17, 15) is 57.5 Å². The molecule has 1 heterocycles. The minimum absolute atomic E-state index is 0.00699. The minimum Gasteiger partial charge on any atom is -0.460 e. The molecule has 0 aromatic rings. The number of nitrogens with zero attached hydrogens (tertiary/aromatic N) is 2. The molecule has 1 aliphatic heterocycles. The summed E-state index contributed by atoms with van der Waals surface area (Å²) >= 11 is 0. The maximum Gasteiger partial charge on any atom is 0.303 e. The number of amides is 10. The third kappa shape index (κ3) is 28.2. The number of nitrogens with one attached hydrogen (secondary N) is 9. The predicted octanol–water partition coefficient (Wildman–Crippen LogP) is 3.65. The Morgan fingerprint density at radius 2 is 1.17 bits per heavy atom. The fraction of sp³-hybridized carbons (Fsp3) is 0.750. The first kappa shape index (κ1) is 79.3. The third-order valence-corrected chi connectivity index (χ3v) is 15.0. The van der Waals surface area contributed by atoms with E-state index < -0.39 is 112 Å². The first-order chi connectivity index (χ1) is 40.6. The quantitative estimate of drug-likeness (QED) is 0.0317. The highest BCUT2D eigenvalue weighted by atomic mass is 16.5. The average molecular weight is 1240 g/mol. The molecule has 9 N–H and O–H groups in total. The molecule has 24 heteroatoms. The molecule has 1 rings (SSSR count). The molecule has 1 fully saturated rings. The lowest BCUT2D eigenvalue weighted by Gasteiger charge is -2.35. The van der Waals surface area contributed by atoms with Crippen molar-refractivity contribution in [1.82, 2.24) is 57.7 Å². The molecule has 0 aromatic heterocycles. The largest absolute Gasteiger partial charge is 0.460 e. The molecule has 24 nitrogen and oxygen atoms in total. The van der Waals surface area contributed by atoms with Crippen LogP contribution in [0, 0.1) is 35.5 Å². The number of carbonyl (C=O) groups is 12. The maximum atomic E-state index is 14.8. The van der Waals surface area contributed by atoms with E-state index in [1.165, 1.54) is 58.6 Å². The second-order valence-corrected chi connectivity index (χ2v) is 27.1. The van der Waals surface area contributed by atoms with Gasteiger partial charge in [-0.15, -0.1) is 0 Å². The Hall–Kier alpha value is -6.72. The van der Waals surface area contributed by atoms with Crippen LogP contribution in [0.4, 0.5) is 0 Å². The number of hydrogen-bond donors (Lipinski definition) is 9. The summed E-state index contributed by atoms with van der Waals surface area (Å²) in [5.41, 5.74) is -4.95. The van der Waals surface area contributed by atoms with Crippen molar-refractivity contribution in [3.05, 3.63) is 24.3 Å². The second kappa shape index (κ2) is 36.7. The lowest BCUT2D eigenvalue weighted by Crippen LogP contribution is -2.66. The van der Waals surface area contributed by atoms with Crippen molar-refractivity contribution < 1.29 is 62.3 Å². The summed E-state index contributed by atoms with van der Waals surface area (Å²) in [4.78, 5) is 168. The van der Waals surface area contributed by atoms with Gasteiger partial charge in [-0.05, 0) is 142 Å². The van der Waals surface area contributed by atoms with Crippen LogP contribution in [0.5, 0.6) is 0 Å². The van der Waals surface area contributed by atoms with Crippen LogP contribution in [0.1, 0.15) is 183 Å². The third-order valence-electron chi connectivity index (χ3n) is 15.0. The number of rotatable bonds is 37. The molecule has 500 valence electrons. The van der Waals surface area contributed by atoms with E-state index in [0.29, 0.717) is 32.4 Å². The van der Waals surface area contributed by atoms with Crippen LogP contribution >= 0.6 is 0 Å². The Kier molecular flexibility index (Phi) is 33.1. The van der Waals surface area contributed by atoms with Gasteiger partial charge in [0, 0.05) is 45.4 Å². The Bertz CT molecular complexity index is 2470. The monoisotopic (exact) mass is 1240 g/mol. The van der Waals surface area contributed by atoms with Crippen LogP contribution < -0.4 is 47.9 Å². The van der Waals surface area contributed by atoms with Gasteiger partial charge >= 0.3 is 5.97 Å². The van der Waals surface area contributed by atoms with Gasteiger partial charge in [-0.25, -0.2) is 0 Å². The SMILES string of the molecule is CCC(=O)/C=C/C[C@@H](C)C[C@H](NC(=O)[C@@H]1C[C@H](C)CN1C(=O)/C=C/[C@@H](C)CC)C(=O)N[C@H](C(=O)NC(C)(C)C(=O)N[C@@H](CC(C)C)C(=O)N[C@@H](CC(C)C)C(=O)NC(C)(C)C(=O)NC(C)(C)C(=O)NCCC(=O)N[C@@H](C)CN(C)C)[C@H](OC(C)=O)C(C)C. The molecule has 88 heavy (non-hydrogen) atoms. The molecule has 0 bridgehead atoms. The Morgan fingerprint density at radius 3 is 1.70 bits per heavy atom. The van der Waals surface area contributed by atoms with Gasteiger partial charge < -0.3 is 62.4 Å². The summed E-state index contributed by atoms with van der Waals surface area (Å²) in [6.45, 7) is 32.6. The Morgan fingerprint density at radius 1 is 0.636 bits per heavy atom. The van der Waals surface area contributed by atoms with Crippen molar-refractivity contribution in [3.63, 3.8) is 0 Å². The van der Waals surface area contributed by atoms with Gasteiger partial charge in [0.1, 0.15) is 52.9 Å². The van der Waals surface area contributed by atoms with Gasteiger partial charge in [0.15, 0.2) is 5.78 Å². The van der Waals surface area contributed by atoms with E-state index in [1.54, 1.807) is 32.9 Å². The molecule has 0 unspecified atom stereocenters. The van der Waals surface area contributed by atoms with E-state index in [1.807, 2.05) is 81.3 Å². The van der Waals surface area contributed by atoms with Crippen LogP contribution in [0.15, 0.2) is 24.3 Å². The summed E-state index contributed by atoms with van der Waals surface area (Å²) in [6, 6.07) is -6.52. The zero-order valence-corrected chi connectivity index (χ0v) is 56.8. The zero-order chi connectivity index (χ0) is 67.8. The molecular weight excluding hydrogens is 1130 g/mol. The number of likely N-dealkylation sites (tertiary alicyclic amines) is 1. The van der Waals surface area contributed by atoms with Crippen molar-refractivity contribution in [2.24, 2.45) is 35.5 Å². The molecule has 0 aromatic carbocycles. The van der Waals surface area contributed by atoms with Crippen LogP contribution in [-0.4, -0.2) is 173 Å². The molecule has 10 amide bonds. The highest BCUT2D eigenvalue weighted by Gasteiger charge is 2.44. The van der Waals surface area contributed by atoms with Gasteiger partial charge in [-0.1, -0.05) is 94.7 Å². The predicted molar refractivity (Wildman–Crippen MR) is 338 cm³/mol. The fourth-order valence-electron chi connectivity index (χ4n) is 9.75. The lowest BCUT2D eigenvalue weighted by atomic mass is 9.94. The van der Waals surface area contributed by atoms with E-state index >= 15 is 0 Å². The summed E-state index contributed by atoms with van der Waals surface area (Å²) < 4.78 is 5.68. The highest BCUT2D eigenvalue weighted by Crippen LogP contribution is 2.25. The van der Waals surface area contributed by atoms with Crippen molar-refractivity contribution in [2.45, 2.75) is 242 Å². The van der Waals surface area contributed by atoms with Crippen molar-refractivity contribution in [2.75, 3.05) is 33.7 Å². The number of ether oxygens (including phenoxy) is 1. The zero-order valence-electron chi connectivity index (χ0n) is 56.8. The van der Waals surface area contributed by atoms with Gasteiger partial charge in [-0.2, -0.15) is 0 Å². The summed E-state index contributed by atoms with van der Waals surface area (Å²) in [5.74, 6) is -8.67. The number of carbonyl (C=O) groups excluding carboxylic acids is 12. The molecule has 0 radical (unpaired) electrons. The second-order valence-electron chi connectivity index (χ2n) is 27.1. The van der Waals surface area contributed by atoms with Crippen LogP contribution in [0.2, 0.25) is 0 Å².